The summed E-state index contributed by atoms with van der Waals surface area (Å²) in [5, 5.41) is 10.7. The zero-order chi connectivity index (χ0) is 18.6. The van der Waals surface area contributed by atoms with E-state index in [0.29, 0.717) is 6.67 Å². The molecule has 1 heterocycles. The number of hydrogen-bond acceptors (Lipinski definition) is 3. The highest BCUT2D eigenvalue weighted by molar-refractivity contribution is 6.01. The molecule has 0 aromatic heterocycles. The quantitative estimate of drug-likeness (QED) is 0.652. The molecule has 3 heteroatoms. The Hall–Kier alpha value is -3.07. The van der Waals surface area contributed by atoms with E-state index in [4.69, 9.17) is 5.10 Å². The number of aryl methyl sites for hydroxylation is 2. The third-order valence-electron chi connectivity index (χ3n) is 5.24. The number of hydrazone groups is 1. The third kappa shape index (κ3) is 3.87. The molecule has 0 spiro atoms. The smallest absolute Gasteiger partial charge is 0.105 e. The molecule has 136 valence electrons. The van der Waals surface area contributed by atoms with Crippen LogP contribution in [0, 0.1) is 13.8 Å². The van der Waals surface area contributed by atoms with Crippen molar-refractivity contribution in [3.05, 3.63) is 101 Å². The van der Waals surface area contributed by atoms with Crippen molar-refractivity contribution in [1.82, 2.24) is 5.01 Å². The summed E-state index contributed by atoms with van der Waals surface area (Å²) in [6.45, 7) is 4.97. The van der Waals surface area contributed by atoms with Gasteiger partial charge in [0.1, 0.15) is 6.67 Å². The SMILES string of the molecule is Cc1ccc(NCN2N=C(c3ccccc3)C[C@@H]2c2ccccc2)cc1C. The van der Waals surface area contributed by atoms with E-state index in [9.17, 15) is 0 Å². The number of benzene rings is 3. The minimum absolute atomic E-state index is 0.250. The third-order valence-corrected chi connectivity index (χ3v) is 5.24. The Bertz CT molecular complexity index is 932. The maximum absolute atomic E-state index is 4.96. The summed E-state index contributed by atoms with van der Waals surface area (Å²) in [6.07, 6.45) is 0.919. The molecule has 3 aromatic rings. The summed E-state index contributed by atoms with van der Waals surface area (Å²) in [5.41, 5.74) is 7.39. The van der Waals surface area contributed by atoms with Crippen LogP contribution < -0.4 is 5.32 Å². The van der Waals surface area contributed by atoms with Crippen LogP contribution in [0.2, 0.25) is 0 Å². The normalized spacial score (nSPS) is 16.3. The number of rotatable bonds is 5. The average Bonchev–Trinajstić information content (AvgIpc) is 3.14. The Morgan fingerprint density at radius 2 is 1.59 bits per heavy atom. The van der Waals surface area contributed by atoms with Crippen molar-refractivity contribution >= 4 is 11.4 Å². The first kappa shape index (κ1) is 17.3. The highest BCUT2D eigenvalue weighted by Gasteiger charge is 2.28. The first-order valence-corrected chi connectivity index (χ1v) is 9.46. The van der Waals surface area contributed by atoms with Crippen LogP contribution in [-0.4, -0.2) is 17.4 Å². The molecule has 0 amide bonds. The molecule has 4 rings (SSSR count). The van der Waals surface area contributed by atoms with E-state index >= 15 is 0 Å². The number of hydrogen-bond donors (Lipinski definition) is 1. The molecule has 1 N–H and O–H groups in total. The topological polar surface area (TPSA) is 27.6 Å². The van der Waals surface area contributed by atoms with Gasteiger partial charge in [0.05, 0.1) is 11.8 Å². The fourth-order valence-corrected chi connectivity index (χ4v) is 3.49. The second-order valence-corrected chi connectivity index (χ2v) is 7.12. The average molecular weight is 355 g/mol. The van der Waals surface area contributed by atoms with Gasteiger partial charge in [0, 0.05) is 12.1 Å². The molecule has 0 unspecified atom stereocenters. The summed E-state index contributed by atoms with van der Waals surface area (Å²) >= 11 is 0. The first-order valence-electron chi connectivity index (χ1n) is 9.46. The summed E-state index contributed by atoms with van der Waals surface area (Å²) < 4.78 is 0. The number of nitrogens with one attached hydrogen (secondary N) is 1. The molecule has 0 saturated carbocycles. The van der Waals surface area contributed by atoms with Crippen LogP contribution in [0.3, 0.4) is 0 Å². The van der Waals surface area contributed by atoms with Crippen molar-refractivity contribution in [1.29, 1.82) is 0 Å². The summed E-state index contributed by atoms with van der Waals surface area (Å²) in [6, 6.07) is 27.9. The fraction of sp³-hybridized carbons (Fsp3) is 0.208. The van der Waals surface area contributed by atoms with Gasteiger partial charge < -0.3 is 5.32 Å². The van der Waals surface area contributed by atoms with Crippen LogP contribution >= 0.6 is 0 Å². The van der Waals surface area contributed by atoms with E-state index in [1.54, 1.807) is 0 Å². The van der Waals surface area contributed by atoms with E-state index in [2.05, 4.69) is 97.0 Å². The largest absolute Gasteiger partial charge is 0.367 e. The fourth-order valence-electron chi connectivity index (χ4n) is 3.49. The Balaban J connectivity index is 1.57. The minimum Gasteiger partial charge on any atom is -0.367 e. The summed E-state index contributed by atoms with van der Waals surface area (Å²) in [7, 11) is 0. The van der Waals surface area contributed by atoms with Crippen molar-refractivity contribution in [3.8, 4) is 0 Å². The van der Waals surface area contributed by atoms with Gasteiger partial charge in [0.25, 0.3) is 0 Å². The molecular formula is C24H25N3. The van der Waals surface area contributed by atoms with Crippen molar-refractivity contribution in [2.45, 2.75) is 26.3 Å². The van der Waals surface area contributed by atoms with Gasteiger partial charge in [0.2, 0.25) is 0 Å². The summed E-state index contributed by atoms with van der Waals surface area (Å²) in [5.74, 6) is 0. The first-order chi connectivity index (χ1) is 13.2. The van der Waals surface area contributed by atoms with Gasteiger partial charge in [-0.15, -0.1) is 0 Å². The van der Waals surface area contributed by atoms with Crippen LogP contribution in [0.5, 0.6) is 0 Å². The van der Waals surface area contributed by atoms with Crippen LogP contribution in [0.1, 0.15) is 34.7 Å². The molecule has 0 radical (unpaired) electrons. The predicted molar refractivity (Wildman–Crippen MR) is 113 cm³/mol. The van der Waals surface area contributed by atoms with Crippen LogP contribution in [0.25, 0.3) is 0 Å². The lowest BCUT2D eigenvalue weighted by Gasteiger charge is -2.24. The van der Waals surface area contributed by atoms with Crippen molar-refractivity contribution in [2.24, 2.45) is 5.10 Å². The maximum atomic E-state index is 4.96. The zero-order valence-electron chi connectivity index (χ0n) is 15.9. The monoisotopic (exact) mass is 355 g/mol. The molecule has 27 heavy (non-hydrogen) atoms. The lowest BCUT2D eigenvalue weighted by atomic mass is 9.99. The van der Waals surface area contributed by atoms with Gasteiger partial charge >= 0.3 is 0 Å². The van der Waals surface area contributed by atoms with Crippen LogP contribution in [0.4, 0.5) is 5.69 Å². The second kappa shape index (κ2) is 7.67. The standard InChI is InChI=1S/C24H25N3/c1-18-13-14-22(15-19(18)2)25-17-27-24(21-11-7-4-8-12-21)16-23(26-27)20-9-5-3-6-10-20/h3-15,24-25H,16-17H2,1-2H3/t24-/m1/s1. The molecule has 3 nitrogen and oxygen atoms in total. The molecule has 0 fully saturated rings. The molecule has 1 atom stereocenters. The van der Waals surface area contributed by atoms with E-state index < -0.39 is 0 Å². The predicted octanol–water partition coefficient (Wildman–Crippen LogP) is 5.52. The van der Waals surface area contributed by atoms with Crippen molar-refractivity contribution in [3.63, 3.8) is 0 Å². The summed E-state index contributed by atoms with van der Waals surface area (Å²) in [4.78, 5) is 0. The Labute approximate surface area is 161 Å². The second-order valence-electron chi connectivity index (χ2n) is 7.12. The van der Waals surface area contributed by atoms with E-state index in [-0.39, 0.29) is 6.04 Å². The molecule has 0 aliphatic carbocycles. The van der Waals surface area contributed by atoms with Gasteiger partial charge in [-0.1, -0.05) is 66.7 Å². The van der Waals surface area contributed by atoms with E-state index in [1.165, 1.54) is 22.3 Å². The van der Waals surface area contributed by atoms with Crippen molar-refractivity contribution in [2.75, 3.05) is 12.0 Å². The molecule has 0 saturated heterocycles. The number of nitrogens with zero attached hydrogens (tertiary/aromatic N) is 2. The minimum atomic E-state index is 0.250. The lowest BCUT2D eigenvalue weighted by Crippen LogP contribution is -2.25. The van der Waals surface area contributed by atoms with Gasteiger partial charge in [0.15, 0.2) is 0 Å². The Morgan fingerprint density at radius 3 is 2.30 bits per heavy atom. The van der Waals surface area contributed by atoms with Gasteiger partial charge in [-0.3, -0.25) is 5.01 Å². The molecule has 1 aliphatic rings. The number of anilines is 1. The van der Waals surface area contributed by atoms with Gasteiger partial charge in [-0.05, 0) is 48.2 Å². The Morgan fingerprint density at radius 1 is 0.889 bits per heavy atom. The lowest BCUT2D eigenvalue weighted by molar-refractivity contribution is 0.250. The highest BCUT2D eigenvalue weighted by atomic mass is 15.5. The van der Waals surface area contributed by atoms with Crippen LogP contribution in [-0.2, 0) is 0 Å². The molecular weight excluding hydrogens is 330 g/mol. The van der Waals surface area contributed by atoms with Gasteiger partial charge in [-0.25, -0.2) is 0 Å². The van der Waals surface area contributed by atoms with Crippen molar-refractivity contribution < 1.29 is 0 Å². The highest BCUT2D eigenvalue weighted by Crippen LogP contribution is 2.32. The van der Waals surface area contributed by atoms with E-state index in [0.717, 1.165) is 17.8 Å². The Kier molecular flexibility index (Phi) is 4.93. The van der Waals surface area contributed by atoms with Crippen LogP contribution in [0.15, 0.2) is 84.0 Å². The zero-order valence-corrected chi connectivity index (χ0v) is 15.9. The molecule has 0 bridgehead atoms. The molecule has 1 aliphatic heterocycles. The van der Waals surface area contributed by atoms with E-state index in [1.807, 2.05) is 6.07 Å². The maximum Gasteiger partial charge on any atom is 0.105 e. The molecule has 3 aromatic carbocycles. The van der Waals surface area contributed by atoms with Gasteiger partial charge in [-0.2, -0.15) is 5.10 Å².